The van der Waals surface area contributed by atoms with E-state index in [0.29, 0.717) is 78.9 Å². The van der Waals surface area contributed by atoms with Crippen LogP contribution in [0.3, 0.4) is 0 Å². The zero-order valence-corrected chi connectivity index (χ0v) is 82.0. The van der Waals surface area contributed by atoms with Crippen molar-refractivity contribution in [1.29, 1.82) is 0 Å². The molecule has 5 fully saturated rings. The molecular formula is C112H152N10O15. The minimum absolute atomic E-state index is 0.0713. The Bertz CT molecular complexity index is 4970. The molecule has 4 saturated heterocycles. The van der Waals surface area contributed by atoms with E-state index in [-0.39, 0.29) is 36.6 Å². The van der Waals surface area contributed by atoms with E-state index in [4.69, 9.17) is 53.1 Å². The molecule has 0 spiro atoms. The number of methoxy groups -OCH3 is 1. The van der Waals surface area contributed by atoms with E-state index in [2.05, 4.69) is 70.1 Å². The van der Waals surface area contributed by atoms with Crippen molar-refractivity contribution in [2.75, 3.05) is 110 Å². The number of hydrogen-bond acceptors (Lipinski definition) is 21. The number of nitrogens with one attached hydrogen (secondary N) is 2. The zero-order chi connectivity index (χ0) is 95.6. The number of benzene rings is 4. The van der Waals surface area contributed by atoms with E-state index in [1.165, 1.54) is 115 Å². The maximum absolute atomic E-state index is 12.3. The van der Waals surface area contributed by atoms with Gasteiger partial charge in [-0.25, -0.2) is 9.97 Å². The highest BCUT2D eigenvalue weighted by Crippen LogP contribution is 2.39. The van der Waals surface area contributed by atoms with Crippen molar-refractivity contribution in [3.8, 4) is 0 Å². The standard InChI is InChI=1S/C29H38N2O3.2C28H39N3O4.C27H36N2O4/c32-29(33)28(26-10-3-1-8-23(26)19-21-12-13-21)31-17-16-25(20-31)34-18-6-5-9-24-15-14-22-7-2-4-11-27(22)30-24;2*1-20(2)35-19-22-8-3-4-11-25(22)26(28(32)33)31-16-14-24(18-31)34-17-6-5-10-23-13-12-21-9-7-15-29-27(21)30-23;1-32-19-21-9-2-4-11-24(21)26(27(30)31)29-16-15-23(18-29)33-17-7-6-10-22-14-13-20-8-3-5-12-25(20)28-22/h1,3,8,10,14-15,21,25,28H,2,4-7,9,11-13,16-20H2,(H,32,33);2*3-4,8,11-13,20,24,26H,5-7,9-10,14-19H2,1-2H3,(H,29,30)(H,32,33);2,4,9,11,13-14,23,26H,3,5-8,10,12,15-19H2,1H3,(H,30,31)/t25-,28+;24-,26+;24-,26-;23-,26-/m1111/s1. The van der Waals surface area contributed by atoms with Gasteiger partial charge in [0, 0.05) is 133 Å². The Labute approximate surface area is 812 Å². The van der Waals surface area contributed by atoms with Crippen LogP contribution in [0, 0.1) is 5.92 Å². The fraction of sp³-hybridized carbons (Fsp3) is 0.571. The van der Waals surface area contributed by atoms with Crippen LogP contribution in [-0.4, -0.2) is 219 Å². The Morgan fingerprint density at radius 2 is 0.650 bits per heavy atom. The van der Waals surface area contributed by atoms with Crippen LogP contribution >= 0.6 is 0 Å². The second kappa shape index (κ2) is 53.8. The van der Waals surface area contributed by atoms with Crippen LogP contribution in [0.5, 0.6) is 0 Å². The monoisotopic (exact) mass is 1880 g/mol. The molecule has 25 heteroatoms. The number of nitrogens with zero attached hydrogens (tertiary/aromatic N) is 8. The topological polar surface area (TPSA) is 302 Å². The Morgan fingerprint density at radius 3 is 0.978 bits per heavy atom. The second-order valence-corrected chi connectivity index (χ2v) is 39.4. The number of carbonyl (C=O) groups is 4. The van der Waals surface area contributed by atoms with Crippen molar-refractivity contribution in [3.63, 3.8) is 0 Å². The summed E-state index contributed by atoms with van der Waals surface area (Å²) < 4.78 is 41.4. The van der Waals surface area contributed by atoms with E-state index in [9.17, 15) is 39.6 Å². The largest absolute Gasteiger partial charge is 0.480 e. The number of unbranched alkanes of at least 4 members (excludes halogenated alkanes) is 4. The van der Waals surface area contributed by atoms with Crippen molar-refractivity contribution < 1.29 is 72.8 Å². The number of aliphatic carboxylic acids is 4. The Balaban J connectivity index is 0.000000146. The lowest BCUT2D eigenvalue weighted by Crippen LogP contribution is -2.34. The number of aryl methyl sites for hydroxylation is 10. The first-order chi connectivity index (χ1) is 66.8. The summed E-state index contributed by atoms with van der Waals surface area (Å²) in [4.78, 5) is 76.5. The van der Waals surface area contributed by atoms with Gasteiger partial charge in [-0.05, 0) is 324 Å². The van der Waals surface area contributed by atoms with E-state index in [0.717, 1.165) is 236 Å². The maximum atomic E-state index is 12.3. The highest BCUT2D eigenvalue weighted by molar-refractivity contribution is 5.78. The summed E-state index contributed by atoms with van der Waals surface area (Å²) >= 11 is 0. The number of carboxylic acids is 4. The second-order valence-electron chi connectivity index (χ2n) is 39.4. The molecule has 0 radical (unpaired) electrons. The van der Waals surface area contributed by atoms with Gasteiger partial charge in [0.2, 0.25) is 0 Å². The van der Waals surface area contributed by atoms with Gasteiger partial charge in [0.1, 0.15) is 35.8 Å². The molecule has 4 aromatic heterocycles. The van der Waals surface area contributed by atoms with Gasteiger partial charge >= 0.3 is 23.9 Å². The fourth-order valence-electron chi connectivity index (χ4n) is 20.7. The molecule has 0 unspecified atom stereocenters. The Kier molecular flexibility index (Phi) is 40.6. The molecule has 4 aromatic carbocycles. The van der Waals surface area contributed by atoms with Gasteiger partial charge in [-0.3, -0.25) is 48.7 Å². The van der Waals surface area contributed by atoms with E-state index < -0.39 is 48.0 Å². The van der Waals surface area contributed by atoms with Crippen LogP contribution in [0.1, 0.15) is 281 Å². The van der Waals surface area contributed by atoms with E-state index in [1.54, 1.807) is 7.11 Å². The molecule has 8 aromatic rings. The minimum atomic E-state index is -0.824. The molecule has 0 bridgehead atoms. The van der Waals surface area contributed by atoms with Crippen molar-refractivity contribution >= 4 is 35.5 Å². The average molecular weight is 1880 g/mol. The van der Waals surface area contributed by atoms with Crippen molar-refractivity contribution in [2.45, 2.75) is 307 Å². The molecule has 9 aliphatic rings. The number of rotatable bonds is 46. The van der Waals surface area contributed by atoms with Gasteiger partial charge in [-0.15, -0.1) is 0 Å². The van der Waals surface area contributed by atoms with Crippen LogP contribution < -0.4 is 10.6 Å². The molecule has 17 rings (SSSR count). The number of ether oxygens (including phenoxy) is 7. The minimum Gasteiger partial charge on any atom is -0.480 e. The van der Waals surface area contributed by atoms with Gasteiger partial charge in [-0.2, -0.15) is 0 Å². The number of likely N-dealkylation sites (tertiary alicyclic amines) is 4. The van der Waals surface area contributed by atoms with Crippen LogP contribution in [-0.2, 0) is 143 Å². The van der Waals surface area contributed by atoms with Gasteiger partial charge in [-0.1, -0.05) is 121 Å². The molecule has 8 atom stereocenters. The molecule has 10 heterocycles. The van der Waals surface area contributed by atoms with Crippen molar-refractivity contribution in [3.05, 3.63) is 247 Å². The third-order valence-electron chi connectivity index (χ3n) is 28.2. The van der Waals surface area contributed by atoms with Crippen LogP contribution in [0.2, 0.25) is 0 Å². The number of hydrogen-bond donors (Lipinski definition) is 6. The average Bonchev–Trinajstić information content (AvgIpc) is 1.75. The highest BCUT2D eigenvalue weighted by Gasteiger charge is 2.41. The number of aromatic nitrogens is 4. The van der Waals surface area contributed by atoms with Gasteiger partial charge in [0.25, 0.3) is 0 Å². The number of fused-ring (bicyclic) bond motifs is 4. The molecule has 0 amide bonds. The first-order valence-corrected chi connectivity index (χ1v) is 51.6. The molecule has 6 N–H and O–H groups in total. The highest BCUT2D eigenvalue weighted by atomic mass is 16.5. The van der Waals surface area contributed by atoms with Crippen LogP contribution in [0.15, 0.2) is 146 Å². The molecule has 25 nitrogen and oxygen atoms in total. The van der Waals surface area contributed by atoms with Crippen LogP contribution in [0.25, 0.3) is 0 Å². The molecule has 137 heavy (non-hydrogen) atoms. The van der Waals surface area contributed by atoms with E-state index in [1.807, 2.05) is 133 Å². The lowest BCUT2D eigenvalue weighted by Gasteiger charge is -2.26. The third-order valence-corrected chi connectivity index (χ3v) is 28.2. The van der Waals surface area contributed by atoms with Crippen molar-refractivity contribution in [2.24, 2.45) is 5.92 Å². The summed E-state index contributed by atoms with van der Waals surface area (Å²) in [7, 11) is 1.63. The summed E-state index contributed by atoms with van der Waals surface area (Å²) in [5, 5.41) is 47.0. The van der Waals surface area contributed by atoms with E-state index >= 15 is 0 Å². The Hall–Kier alpha value is -9.48. The molecular weight excluding hydrogens is 1730 g/mol. The quantitative estimate of drug-likeness (QED) is 0.0193. The van der Waals surface area contributed by atoms with Gasteiger partial charge < -0.3 is 64.2 Å². The summed E-state index contributed by atoms with van der Waals surface area (Å²) in [6.45, 7) is 19.6. The SMILES string of the molecule is CC(C)OCc1ccccc1[C@@H](C(=O)O)N1CC[C@@H](OCCCCc2ccc3c(n2)NCCC3)C1.CC(C)OCc1ccccc1[C@H](C(=O)O)N1CC[C@@H](OCCCCc2ccc3c(n2)NCCC3)C1.COCc1ccccc1[C@H](C(=O)O)N1CC[C@@H](OCCCCc2ccc3c(n2)CCCC3)C1.O=C(O)[C@H](c1ccccc1CC1CC1)N1CC[C@@H](OCCCCc2ccc3c(n2)CCCC3)C1. The summed E-state index contributed by atoms with van der Waals surface area (Å²) in [6, 6.07) is 46.3. The molecule has 3 aliphatic carbocycles. The summed E-state index contributed by atoms with van der Waals surface area (Å²) in [5.41, 5.74) is 20.2. The van der Waals surface area contributed by atoms with Gasteiger partial charge in [0.05, 0.1) is 56.4 Å². The van der Waals surface area contributed by atoms with Gasteiger partial charge in [0.15, 0.2) is 0 Å². The normalized spacial score (nSPS) is 19.6. The fourth-order valence-corrected chi connectivity index (χ4v) is 20.7. The smallest absolute Gasteiger partial charge is 0.325 e. The summed E-state index contributed by atoms with van der Waals surface area (Å²) in [6.07, 6.45) is 33.9. The summed E-state index contributed by atoms with van der Waals surface area (Å²) in [5.74, 6) is -0.368. The maximum Gasteiger partial charge on any atom is 0.325 e. The first kappa shape index (κ1) is 103. The lowest BCUT2D eigenvalue weighted by atomic mass is 9.95. The molecule has 1 saturated carbocycles. The first-order valence-electron chi connectivity index (χ1n) is 51.6. The number of carboxylic acid groups (broad SMARTS) is 4. The predicted molar refractivity (Wildman–Crippen MR) is 534 cm³/mol. The molecule has 740 valence electrons. The lowest BCUT2D eigenvalue weighted by molar-refractivity contribution is -0.144. The third kappa shape index (κ3) is 31.3. The predicted octanol–water partition coefficient (Wildman–Crippen LogP) is 18.7. The Morgan fingerprint density at radius 1 is 0.350 bits per heavy atom. The number of pyridine rings is 4. The number of anilines is 2. The zero-order valence-electron chi connectivity index (χ0n) is 82.0. The van der Waals surface area contributed by atoms with Crippen LogP contribution in [0.4, 0.5) is 11.6 Å². The van der Waals surface area contributed by atoms with Crippen molar-refractivity contribution in [1.82, 2.24) is 39.5 Å². The molecule has 6 aliphatic heterocycles.